The SMILES string of the molecule is CCC(=NNC(=O)c1ccccc1Br)c1ccc(Cl)c(Cl)c1. The van der Waals surface area contributed by atoms with Gasteiger partial charge in [-0.1, -0.05) is 48.3 Å². The number of amides is 1. The highest BCUT2D eigenvalue weighted by atomic mass is 79.9. The molecule has 0 aliphatic heterocycles. The Kier molecular flexibility index (Phi) is 6.00. The van der Waals surface area contributed by atoms with Crippen LogP contribution in [0.5, 0.6) is 0 Å². The molecule has 0 saturated heterocycles. The quantitative estimate of drug-likeness (QED) is 0.550. The lowest BCUT2D eigenvalue weighted by Gasteiger charge is -2.07. The first kappa shape index (κ1) is 17.0. The van der Waals surface area contributed by atoms with Crippen LogP contribution in [0, 0.1) is 0 Å². The van der Waals surface area contributed by atoms with E-state index in [0.717, 1.165) is 15.7 Å². The fourth-order valence-electron chi connectivity index (χ4n) is 1.85. The van der Waals surface area contributed by atoms with E-state index in [-0.39, 0.29) is 5.91 Å². The van der Waals surface area contributed by atoms with Gasteiger partial charge in [-0.2, -0.15) is 5.10 Å². The molecule has 6 heteroatoms. The van der Waals surface area contributed by atoms with Gasteiger partial charge in [0.15, 0.2) is 0 Å². The number of hydrogen-bond donors (Lipinski definition) is 1. The van der Waals surface area contributed by atoms with Crippen LogP contribution in [0.25, 0.3) is 0 Å². The van der Waals surface area contributed by atoms with Crippen molar-refractivity contribution in [1.29, 1.82) is 0 Å². The van der Waals surface area contributed by atoms with Gasteiger partial charge in [0.2, 0.25) is 0 Å². The summed E-state index contributed by atoms with van der Waals surface area (Å²) in [7, 11) is 0. The summed E-state index contributed by atoms with van der Waals surface area (Å²) in [5.74, 6) is -0.279. The first-order valence-electron chi connectivity index (χ1n) is 6.59. The smallest absolute Gasteiger partial charge is 0.267 e. The van der Waals surface area contributed by atoms with Crippen LogP contribution >= 0.6 is 39.1 Å². The van der Waals surface area contributed by atoms with E-state index in [4.69, 9.17) is 23.2 Å². The number of benzene rings is 2. The number of carbonyl (C=O) groups excluding carboxylic acids is 1. The first-order valence-corrected chi connectivity index (χ1v) is 8.14. The van der Waals surface area contributed by atoms with Crippen molar-refractivity contribution in [2.24, 2.45) is 5.10 Å². The topological polar surface area (TPSA) is 41.5 Å². The van der Waals surface area contributed by atoms with Crippen LogP contribution < -0.4 is 5.43 Å². The van der Waals surface area contributed by atoms with Gasteiger partial charge >= 0.3 is 0 Å². The number of nitrogens with zero attached hydrogens (tertiary/aromatic N) is 1. The van der Waals surface area contributed by atoms with E-state index in [1.54, 1.807) is 30.3 Å². The molecule has 1 amide bonds. The molecule has 0 saturated carbocycles. The fourth-order valence-corrected chi connectivity index (χ4v) is 2.61. The number of halogens is 3. The lowest BCUT2D eigenvalue weighted by atomic mass is 10.1. The molecule has 0 aromatic heterocycles. The molecular weight excluding hydrogens is 387 g/mol. The zero-order chi connectivity index (χ0) is 16.1. The van der Waals surface area contributed by atoms with Crippen LogP contribution in [0.15, 0.2) is 52.0 Å². The van der Waals surface area contributed by atoms with Gasteiger partial charge in [-0.25, -0.2) is 5.43 Å². The van der Waals surface area contributed by atoms with E-state index in [9.17, 15) is 4.79 Å². The Morgan fingerprint density at radius 2 is 1.91 bits per heavy atom. The third-order valence-electron chi connectivity index (χ3n) is 3.00. The average molecular weight is 400 g/mol. The van der Waals surface area contributed by atoms with Gasteiger partial charge in [-0.3, -0.25) is 4.79 Å². The second-order valence-corrected chi connectivity index (χ2v) is 6.13. The summed E-state index contributed by atoms with van der Waals surface area (Å²) in [5.41, 5.74) is 4.63. The third kappa shape index (κ3) is 4.09. The Bertz CT molecular complexity index is 732. The fraction of sp³-hybridized carbons (Fsp3) is 0.125. The predicted octanol–water partition coefficient (Wildman–Crippen LogP) is 5.30. The molecule has 1 N–H and O–H groups in total. The molecule has 0 spiro atoms. The van der Waals surface area contributed by atoms with Crippen molar-refractivity contribution in [3.63, 3.8) is 0 Å². The minimum atomic E-state index is -0.279. The lowest BCUT2D eigenvalue weighted by Crippen LogP contribution is -2.20. The highest BCUT2D eigenvalue weighted by Gasteiger charge is 2.10. The molecule has 2 aromatic carbocycles. The maximum absolute atomic E-state index is 12.1. The lowest BCUT2D eigenvalue weighted by molar-refractivity contribution is 0.0954. The molecule has 2 aromatic rings. The Balaban J connectivity index is 2.21. The van der Waals surface area contributed by atoms with Gasteiger partial charge in [0, 0.05) is 4.47 Å². The average Bonchev–Trinajstić information content (AvgIpc) is 2.51. The van der Waals surface area contributed by atoms with Crippen LogP contribution in [0.1, 0.15) is 29.3 Å². The standard InChI is InChI=1S/C16H13BrCl2N2O/c1-2-15(10-7-8-13(18)14(19)9-10)20-21-16(22)11-5-3-4-6-12(11)17/h3-9H,2H2,1H3,(H,21,22). The third-order valence-corrected chi connectivity index (χ3v) is 4.43. The Hall–Kier alpha value is -1.36. The van der Waals surface area contributed by atoms with Crippen molar-refractivity contribution < 1.29 is 4.79 Å². The van der Waals surface area contributed by atoms with Gasteiger partial charge < -0.3 is 0 Å². The summed E-state index contributed by atoms with van der Waals surface area (Å²) in [6.45, 7) is 1.95. The van der Waals surface area contributed by atoms with E-state index in [1.807, 2.05) is 19.1 Å². The van der Waals surface area contributed by atoms with E-state index in [2.05, 4.69) is 26.5 Å². The molecule has 3 nitrogen and oxygen atoms in total. The maximum Gasteiger partial charge on any atom is 0.272 e. The summed E-state index contributed by atoms with van der Waals surface area (Å²) >= 11 is 15.3. The highest BCUT2D eigenvalue weighted by Crippen LogP contribution is 2.23. The van der Waals surface area contributed by atoms with Crippen LogP contribution in [-0.4, -0.2) is 11.6 Å². The number of hydrogen-bond acceptors (Lipinski definition) is 2. The summed E-state index contributed by atoms with van der Waals surface area (Å²) in [6, 6.07) is 12.4. The first-order chi connectivity index (χ1) is 10.5. The van der Waals surface area contributed by atoms with Crippen molar-refractivity contribution in [1.82, 2.24) is 5.43 Å². The minimum absolute atomic E-state index is 0.279. The van der Waals surface area contributed by atoms with Crippen LogP contribution in [0.2, 0.25) is 10.0 Å². The van der Waals surface area contributed by atoms with Crippen molar-refractivity contribution in [3.05, 3.63) is 68.1 Å². The molecule has 0 aliphatic carbocycles. The largest absolute Gasteiger partial charge is 0.272 e. The van der Waals surface area contributed by atoms with Crippen molar-refractivity contribution in [3.8, 4) is 0 Å². The molecule has 0 unspecified atom stereocenters. The molecule has 114 valence electrons. The van der Waals surface area contributed by atoms with Crippen LogP contribution in [-0.2, 0) is 0 Å². The van der Waals surface area contributed by atoms with E-state index in [0.29, 0.717) is 22.0 Å². The molecule has 0 fully saturated rings. The summed E-state index contributed by atoms with van der Waals surface area (Å²) in [5, 5.41) is 5.14. The summed E-state index contributed by atoms with van der Waals surface area (Å²) in [6.07, 6.45) is 0.647. The van der Waals surface area contributed by atoms with Crippen LogP contribution in [0.3, 0.4) is 0 Å². The Morgan fingerprint density at radius 1 is 1.18 bits per heavy atom. The van der Waals surface area contributed by atoms with Gasteiger partial charge in [0.1, 0.15) is 0 Å². The number of nitrogens with one attached hydrogen (secondary N) is 1. The zero-order valence-electron chi connectivity index (χ0n) is 11.7. The van der Waals surface area contributed by atoms with Gasteiger partial charge in [-0.05, 0) is 52.2 Å². The van der Waals surface area contributed by atoms with E-state index in [1.165, 1.54) is 0 Å². The van der Waals surface area contributed by atoms with Crippen molar-refractivity contribution >= 4 is 50.8 Å². The molecule has 0 heterocycles. The second-order valence-electron chi connectivity index (χ2n) is 4.46. The van der Waals surface area contributed by atoms with E-state index >= 15 is 0 Å². The number of hydrazone groups is 1. The van der Waals surface area contributed by atoms with Crippen molar-refractivity contribution in [2.75, 3.05) is 0 Å². The molecular formula is C16H13BrCl2N2O. The van der Waals surface area contributed by atoms with Gasteiger partial charge in [0.05, 0.1) is 21.3 Å². The zero-order valence-corrected chi connectivity index (χ0v) is 14.8. The Morgan fingerprint density at radius 3 is 2.55 bits per heavy atom. The van der Waals surface area contributed by atoms with Gasteiger partial charge in [0.25, 0.3) is 5.91 Å². The monoisotopic (exact) mass is 398 g/mol. The number of carbonyl (C=O) groups is 1. The molecule has 0 radical (unpaired) electrons. The Labute approximate surface area is 147 Å². The van der Waals surface area contributed by atoms with Crippen LogP contribution in [0.4, 0.5) is 0 Å². The van der Waals surface area contributed by atoms with E-state index < -0.39 is 0 Å². The molecule has 0 bridgehead atoms. The minimum Gasteiger partial charge on any atom is -0.267 e. The summed E-state index contributed by atoms with van der Waals surface area (Å²) < 4.78 is 0.718. The molecule has 22 heavy (non-hydrogen) atoms. The summed E-state index contributed by atoms with van der Waals surface area (Å²) in [4.78, 5) is 12.1. The maximum atomic E-state index is 12.1. The van der Waals surface area contributed by atoms with Crippen molar-refractivity contribution in [2.45, 2.75) is 13.3 Å². The molecule has 0 aliphatic rings. The van der Waals surface area contributed by atoms with Gasteiger partial charge in [-0.15, -0.1) is 0 Å². The second kappa shape index (κ2) is 7.77. The predicted molar refractivity (Wildman–Crippen MR) is 94.9 cm³/mol. The normalized spacial score (nSPS) is 11.4. The highest BCUT2D eigenvalue weighted by molar-refractivity contribution is 9.10. The number of rotatable bonds is 4. The molecule has 0 atom stereocenters. The molecule has 2 rings (SSSR count).